The molecule has 6 heteroatoms. The number of carbonyl (C=O) groups is 2. The second kappa shape index (κ2) is 9.92. The van der Waals surface area contributed by atoms with Gasteiger partial charge in [-0.3, -0.25) is 9.59 Å². The van der Waals surface area contributed by atoms with E-state index in [1.54, 1.807) is 6.92 Å². The van der Waals surface area contributed by atoms with E-state index in [2.05, 4.69) is 34.3 Å². The molecule has 2 fully saturated rings. The maximum atomic E-state index is 12.4. The van der Waals surface area contributed by atoms with Crippen molar-refractivity contribution in [2.75, 3.05) is 50.0 Å². The Morgan fingerprint density at radius 2 is 1.68 bits per heavy atom. The van der Waals surface area contributed by atoms with Crippen molar-refractivity contribution in [2.24, 2.45) is 0 Å². The first-order valence-corrected chi connectivity index (χ1v) is 10.6. The molecule has 154 valence electrons. The van der Waals surface area contributed by atoms with Crippen molar-refractivity contribution in [1.29, 1.82) is 0 Å². The molecule has 2 amide bonds. The Balaban J connectivity index is 1.48. The molecule has 0 spiro atoms. The minimum absolute atomic E-state index is 0.0330. The van der Waals surface area contributed by atoms with Crippen LogP contribution in [0.1, 0.15) is 45.4 Å². The van der Waals surface area contributed by atoms with E-state index < -0.39 is 0 Å². The van der Waals surface area contributed by atoms with Crippen LogP contribution in [0.3, 0.4) is 0 Å². The molecule has 0 radical (unpaired) electrons. The van der Waals surface area contributed by atoms with Crippen LogP contribution in [0, 0.1) is 0 Å². The van der Waals surface area contributed by atoms with E-state index in [0.717, 1.165) is 44.7 Å². The lowest BCUT2D eigenvalue weighted by Gasteiger charge is -2.34. The highest BCUT2D eigenvalue weighted by molar-refractivity contribution is 5.91. The number of rotatable bonds is 6. The molecule has 1 saturated carbocycles. The third kappa shape index (κ3) is 5.71. The zero-order valence-electron chi connectivity index (χ0n) is 17.3. The highest BCUT2D eigenvalue weighted by atomic mass is 16.2. The van der Waals surface area contributed by atoms with Crippen LogP contribution in [0.25, 0.3) is 0 Å². The number of likely N-dealkylation sites (N-methyl/N-ethyl adjacent to an activating group) is 1. The van der Waals surface area contributed by atoms with Crippen LogP contribution >= 0.6 is 0 Å². The molecule has 0 bridgehead atoms. The van der Waals surface area contributed by atoms with Crippen molar-refractivity contribution in [3.05, 3.63) is 24.3 Å². The molecule has 1 aromatic carbocycles. The monoisotopic (exact) mass is 386 g/mol. The molecule has 1 saturated heterocycles. The Bertz CT molecular complexity index is 647. The van der Waals surface area contributed by atoms with E-state index >= 15 is 0 Å². The molecule has 3 rings (SSSR count). The molecule has 0 aromatic heterocycles. The van der Waals surface area contributed by atoms with Crippen molar-refractivity contribution in [2.45, 2.75) is 51.5 Å². The topological polar surface area (TPSA) is 55.9 Å². The molecule has 1 heterocycles. The van der Waals surface area contributed by atoms with Crippen molar-refractivity contribution in [3.63, 3.8) is 0 Å². The van der Waals surface area contributed by atoms with Gasteiger partial charge in [0, 0.05) is 63.5 Å². The standard InChI is InChI=1S/C22H34N4O2/c1-18(27)26(21-6-4-3-5-7-21)13-12-22(28)23-19-8-10-20(11-9-19)25-16-14-24(2)15-17-25/h8-11,21H,3-7,12-17H2,1-2H3,(H,23,28). The predicted octanol–water partition coefficient (Wildman–Crippen LogP) is 2.95. The van der Waals surface area contributed by atoms with Gasteiger partial charge in [0.2, 0.25) is 11.8 Å². The number of piperazine rings is 1. The average molecular weight is 387 g/mol. The minimum Gasteiger partial charge on any atom is -0.369 e. The summed E-state index contributed by atoms with van der Waals surface area (Å²) < 4.78 is 0. The lowest BCUT2D eigenvalue weighted by molar-refractivity contribution is -0.132. The average Bonchev–Trinajstić information content (AvgIpc) is 2.70. The molecule has 1 aromatic rings. The van der Waals surface area contributed by atoms with Crippen molar-refractivity contribution in [1.82, 2.24) is 9.80 Å². The fourth-order valence-electron chi connectivity index (χ4n) is 4.26. The zero-order valence-corrected chi connectivity index (χ0v) is 17.3. The predicted molar refractivity (Wildman–Crippen MR) is 114 cm³/mol. The summed E-state index contributed by atoms with van der Waals surface area (Å²) in [7, 11) is 2.15. The third-order valence-corrected chi connectivity index (χ3v) is 6.02. The van der Waals surface area contributed by atoms with Gasteiger partial charge < -0.3 is 20.0 Å². The summed E-state index contributed by atoms with van der Waals surface area (Å²) in [5, 5.41) is 2.97. The number of nitrogens with zero attached hydrogens (tertiary/aromatic N) is 3. The highest BCUT2D eigenvalue weighted by Crippen LogP contribution is 2.23. The van der Waals surface area contributed by atoms with Crippen molar-refractivity contribution in [3.8, 4) is 0 Å². The highest BCUT2D eigenvalue weighted by Gasteiger charge is 2.23. The van der Waals surface area contributed by atoms with E-state index in [1.165, 1.54) is 24.9 Å². The fraction of sp³-hybridized carbons (Fsp3) is 0.636. The van der Waals surface area contributed by atoms with Gasteiger partial charge in [0.15, 0.2) is 0 Å². The Morgan fingerprint density at radius 1 is 1.04 bits per heavy atom. The summed E-state index contributed by atoms with van der Waals surface area (Å²) in [4.78, 5) is 31.0. The van der Waals surface area contributed by atoms with E-state index in [-0.39, 0.29) is 11.8 Å². The van der Waals surface area contributed by atoms with E-state index in [0.29, 0.717) is 19.0 Å². The van der Waals surface area contributed by atoms with Crippen LogP contribution in [0.5, 0.6) is 0 Å². The summed E-state index contributed by atoms with van der Waals surface area (Å²) >= 11 is 0. The Kier molecular flexibility index (Phi) is 7.31. The van der Waals surface area contributed by atoms with Crippen molar-refractivity contribution >= 4 is 23.2 Å². The number of amides is 2. The molecule has 0 atom stereocenters. The molecular weight excluding hydrogens is 352 g/mol. The summed E-state index contributed by atoms with van der Waals surface area (Å²) in [6.45, 7) is 6.33. The lowest BCUT2D eigenvalue weighted by Crippen LogP contribution is -2.44. The summed E-state index contributed by atoms with van der Waals surface area (Å²) in [5.41, 5.74) is 2.01. The number of carbonyl (C=O) groups excluding carboxylic acids is 2. The molecular formula is C22H34N4O2. The SMILES string of the molecule is CC(=O)N(CCC(=O)Nc1ccc(N2CCN(C)CC2)cc1)C1CCCCC1. The first-order valence-electron chi connectivity index (χ1n) is 10.6. The Labute approximate surface area is 168 Å². The molecule has 0 unspecified atom stereocenters. The molecule has 1 aliphatic carbocycles. The summed E-state index contributed by atoms with van der Waals surface area (Å²) in [6, 6.07) is 8.39. The second-order valence-corrected chi connectivity index (χ2v) is 8.14. The smallest absolute Gasteiger partial charge is 0.226 e. The molecule has 1 aliphatic heterocycles. The van der Waals surface area contributed by atoms with Gasteiger partial charge in [-0.05, 0) is 44.2 Å². The molecule has 1 N–H and O–H groups in total. The van der Waals surface area contributed by atoms with E-state index in [1.807, 2.05) is 17.0 Å². The molecule has 28 heavy (non-hydrogen) atoms. The third-order valence-electron chi connectivity index (χ3n) is 6.02. The van der Waals surface area contributed by atoms with Gasteiger partial charge >= 0.3 is 0 Å². The number of nitrogens with one attached hydrogen (secondary N) is 1. The summed E-state index contributed by atoms with van der Waals surface area (Å²) in [6.07, 6.45) is 6.09. The van der Waals surface area contributed by atoms with E-state index in [9.17, 15) is 9.59 Å². The first kappa shape index (κ1) is 20.6. The molecule has 6 nitrogen and oxygen atoms in total. The number of benzene rings is 1. The van der Waals surface area contributed by atoms with Crippen LogP contribution in [-0.4, -0.2) is 67.4 Å². The van der Waals surface area contributed by atoms with Gasteiger partial charge in [0.25, 0.3) is 0 Å². The van der Waals surface area contributed by atoms with Crippen LogP contribution in [-0.2, 0) is 9.59 Å². The van der Waals surface area contributed by atoms with Gasteiger partial charge in [-0.15, -0.1) is 0 Å². The largest absolute Gasteiger partial charge is 0.369 e. The van der Waals surface area contributed by atoms with Crippen LogP contribution in [0.4, 0.5) is 11.4 Å². The van der Waals surface area contributed by atoms with Gasteiger partial charge in [0.05, 0.1) is 0 Å². The summed E-state index contributed by atoms with van der Waals surface area (Å²) in [5.74, 6) is 0.0469. The Hall–Kier alpha value is -2.08. The number of hydrogen-bond acceptors (Lipinski definition) is 4. The van der Waals surface area contributed by atoms with Crippen LogP contribution in [0.2, 0.25) is 0 Å². The normalized spacial score (nSPS) is 18.7. The first-order chi connectivity index (χ1) is 13.5. The maximum Gasteiger partial charge on any atom is 0.226 e. The minimum atomic E-state index is -0.0330. The van der Waals surface area contributed by atoms with E-state index in [4.69, 9.17) is 0 Å². The lowest BCUT2D eigenvalue weighted by atomic mass is 9.94. The van der Waals surface area contributed by atoms with Crippen molar-refractivity contribution < 1.29 is 9.59 Å². The van der Waals surface area contributed by atoms with Gasteiger partial charge in [0.1, 0.15) is 0 Å². The maximum absolute atomic E-state index is 12.4. The van der Waals surface area contributed by atoms with Crippen LogP contribution in [0.15, 0.2) is 24.3 Å². The number of anilines is 2. The van der Waals surface area contributed by atoms with Gasteiger partial charge in [-0.25, -0.2) is 0 Å². The number of hydrogen-bond donors (Lipinski definition) is 1. The molecule has 2 aliphatic rings. The zero-order chi connectivity index (χ0) is 19.9. The van der Waals surface area contributed by atoms with Gasteiger partial charge in [-0.2, -0.15) is 0 Å². The Morgan fingerprint density at radius 3 is 2.29 bits per heavy atom. The van der Waals surface area contributed by atoms with Gasteiger partial charge in [-0.1, -0.05) is 19.3 Å². The fourth-order valence-corrected chi connectivity index (χ4v) is 4.26. The second-order valence-electron chi connectivity index (χ2n) is 8.14. The van der Waals surface area contributed by atoms with Crippen LogP contribution < -0.4 is 10.2 Å². The quantitative estimate of drug-likeness (QED) is 0.817.